The normalized spacial score (nSPS) is 11.4. The van der Waals surface area contributed by atoms with Crippen molar-refractivity contribution in [1.29, 1.82) is 0 Å². The summed E-state index contributed by atoms with van der Waals surface area (Å²) in [5, 5.41) is 0.727. The number of pyridine rings is 1. The number of carbonyl (C=O) groups is 1. The first-order valence-corrected chi connectivity index (χ1v) is 8.59. The molecule has 2 aromatic carbocycles. The summed E-state index contributed by atoms with van der Waals surface area (Å²) in [5.74, 6) is 4.78. The Bertz CT molecular complexity index is 1030. The summed E-state index contributed by atoms with van der Waals surface area (Å²) in [6, 6.07) is 15.0. The number of hydrogen-bond donors (Lipinski definition) is 1. The van der Waals surface area contributed by atoms with Crippen molar-refractivity contribution in [2.24, 2.45) is 5.84 Å². The number of para-hydroxylation sites is 1. The van der Waals surface area contributed by atoms with E-state index < -0.39 is 15.9 Å². The highest BCUT2D eigenvalue weighted by Crippen LogP contribution is 2.18. The second kappa shape index (κ2) is 6.03. The van der Waals surface area contributed by atoms with E-state index in [1.807, 2.05) is 12.1 Å². The molecule has 0 bridgehead atoms. The van der Waals surface area contributed by atoms with Crippen LogP contribution in [0.1, 0.15) is 15.9 Å². The largest absolute Gasteiger partial charge is 0.283 e. The van der Waals surface area contributed by atoms with Crippen LogP contribution in [0, 0.1) is 6.92 Å². The van der Waals surface area contributed by atoms with Gasteiger partial charge >= 0.3 is 0 Å². The third-order valence-electron chi connectivity index (χ3n) is 3.58. The molecule has 0 saturated carbocycles. The fourth-order valence-electron chi connectivity index (χ4n) is 2.31. The van der Waals surface area contributed by atoms with Crippen molar-refractivity contribution in [1.82, 2.24) is 9.40 Å². The molecule has 1 amide bonds. The second-order valence-corrected chi connectivity index (χ2v) is 7.15. The van der Waals surface area contributed by atoms with Crippen LogP contribution in [-0.2, 0) is 10.0 Å². The number of rotatable bonds is 3. The molecule has 0 spiro atoms. The zero-order chi connectivity index (χ0) is 17.3. The number of aryl methyl sites for hydroxylation is 1. The van der Waals surface area contributed by atoms with Gasteiger partial charge in [-0.2, -0.15) is 12.8 Å². The van der Waals surface area contributed by atoms with Crippen LogP contribution in [0.2, 0.25) is 0 Å². The lowest BCUT2D eigenvalue weighted by atomic mass is 10.1. The SMILES string of the molecule is Cc1cccc(S(=O)(=O)N(N)C(=O)c2cnc3ccccc3c2)c1. The zero-order valence-corrected chi connectivity index (χ0v) is 13.7. The van der Waals surface area contributed by atoms with E-state index in [4.69, 9.17) is 5.84 Å². The minimum atomic E-state index is -4.13. The molecular weight excluding hydrogens is 326 g/mol. The molecule has 1 heterocycles. The lowest BCUT2D eigenvalue weighted by molar-refractivity contribution is 0.0861. The Morgan fingerprint density at radius 3 is 2.58 bits per heavy atom. The van der Waals surface area contributed by atoms with Crippen LogP contribution in [0.25, 0.3) is 10.9 Å². The molecule has 2 N–H and O–H groups in total. The Balaban J connectivity index is 1.98. The van der Waals surface area contributed by atoms with E-state index >= 15 is 0 Å². The minimum absolute atomic E-state index is 0.0351. The predicted molar refractivity (Wildman–Crippen MR) is 90.5 cm³/mol. The van der Waals surface area contributed by atoms with Gasteiger partial charge < -0.3 is 0 Å². The first-order chi connectivity index (χ1) is 11.4. The highest BCUT2D eigenvalue weighted by molar-refractivity contribution is 7.89. The molecule has 24 heavy (non-hydrogen) atoms. The molecule has 0 aliphatic heterocycles. The van der Waals surface area contributed by atoms with Gasteiger partial charge in [0.05, 0.1) is 16.0 Å². The molecule has 0 atom stereocenters. The van der Waals surface area contributed by atoms with Gasteiger partial charge in [0.15, 0.2) is 0 Å². The molecule has 122 valence electrons. The van der Waals surface area contributed by atoms with Gasteiger partial charge in [-0.1, -0.05) is 30.3 Å². The average Bonchev–Trinajstić information content (AvgIpc) is 2.60. The summed E-state index contributed by atoms with van der Waals surface area (Å²) in [7, 11) is -4.13. The Kier molecular flexibility index (Phi) is 4.04. The lowest BCUT2D eigenvalue weighted by Crippen LogP contribution is -2.42. The van der Waals surface area contributed by atoms with Crippen LogP contribution < -0.4 is 5.84 Å². The third kappa shape index (κ3) is 2.86. The van der Waals surface area contributed by atoms with Crippen LogP contribution in [0.3, 0.4) is 0 Å². The number of nitrogens with zero attached hydrogens (tertiary/aromatic N) is 2. The standard InChI is InChI=1S/C17H15N3O3S/c1-12-5-4-7-15(9-12)24(22,23)20(18)17(21)14-10-13-6-2-3-8-16(13)19-11-14/h2-11H,18H2,1H3. The summed E-state index contributed by atoms with van der Waals surface area (Å²) in [5.41, 5.74) is 1.57. The number of carbonyl (C=O) groups excluding carboxylic acids is 1. The molecule has 0 unspecified atom stereocenters. The van der Waals surface area contributed by atoms with Gasteiger partial charge in [0.2, 0.25) is 0 Å². The van der Waals surface area contributed by atoms with Crippen LogP contribution in [0.5, 0.6) is 0 Å². The van der Waals surface area contributed by atoms with E-state index in [0.717, 1.165) is 10.9 Å². The summed E-state index contributed by atoms with van der Waals surface area (Å²) in [6.07, 6.45) is 1.32. The van der Waals surface area contributed by atoms with Gasteiger partial charge in [-0.25, -0.2) is 5.84 Å². The summed E-state index contributed by atoms with van der Waals surface area (Å²) in [6.45, 7) is 1.76. The van der Waals surface area contributed by atoms with E-state index in [2.05, 4.69) is 4.98 Å². The Hall–Kier alpha value is -2.77. The highest BCUT2D eigenvalue weighted by atomic mass is 32.2. The molecule has 7 heteroatoms. The van der Waals surface area contributed by atoms with Crippen LogP contribution >= 0.6 is 0 Å². The zero-order valence-electron chi connectivity index (χ0n) is 12.9. The van der Waals surface area contributed by atoms with Crippen molar-refractivity contribution in [3.63, 3.8) is 0 Å². The van der Waals surface area contributed by atoms with Crippen LogP contribution in [0.15, 0.2) is 65.7 Å². The molecule has 0 saturated heterocycles. The highest BCUT2D eigenvalue weighted by Gasteiger charge is 2.28. The number of sulfonamides is 1. The molecular formula is C17H15N3O3S. The molecule has 3 aromatic rings. The van der Waals surface area contributed by atoms with Gasteiger partial charge in [0, 0.05) is 11.6 Å². The summed E-state index contributed by atoms with van der Waals surface area (Å²) in [4.78, 5) is 16.6. The number of hydrogen-bond acceptors (Lipinski definition) is 5. The van der Waals surface area contributed by atoms with Crippen LogP contribution in [-0.4, -0.2) is 23.7 Å². The predicted octanol–water partition coefficient (Wildman–Crippen LogP) is 2.25. The first kappa shape index (κ1) is 16.1. The Morgan fingerprint density at radius 1 is 1.08 bits per heavy atom. The van der Waals surface area contributed by atoms with E-state index in [-0.39, 0.29) is 14.9 Å². The van der Waals surface area contributed by atoms with Crippen molar-refractivity contribution in [2.45, 2.75) is 11.8 Å². The van der Waals surface area contributed by atoms with Crippen molar-refractivity contribution in [2.75, 3.05) is 0 Å². The third-order valence-corrected chi connectivity index (χ3v) is 5.12. The smallest absolute Gasteiger partial charge is 0.266 e. The first-order valence-electron chi connectivity index (χ1n) is 7.15. The number of benzene rings is 2. The van der Waals surface area contributed by atoms with Crippen molar-refractivity contribution in [3.8, 4) is 0 Å². The van der Waals surface area contributed by atoms with Crippen molar-refractivity contribution in [3.05, 3.63) is 71.9 Å². The number of fused-ring (bicyclic) bond motifs is 1. The topological polar surface area (TPSA) is 93.4 Å². The summed E-state index contributed by atoms with van der Waals surface area (Å²) >= 11 is 0. The van der Waals surface area contributed by atoms with Gasteiger partial charge in [-0.3, -0.25) is 9.78 Å². The molecule has 0 radical (unpaired) electrons. The van der Waals surface area contributed by atoms with Gasteiger partial charge in [-0.05, 0) is 36.8 Å². The fraction of sp³-hybridized carbons (Fsp3) is 0.0588. The molecule has 6 nitrogen and oxygen atoms in total. The number of nitrogens with two attached hydrogens (primary N) is 1. The van der Waals surface area contributed by atoms with Crippen molar-refractivity contribution < 1.29 is 13.2 Å². The molecule has 0 aliphatic rings. The minimum Gasteiger partial charge on any atom is -0.266 e. The Morgan fingerprint density at radius 2 is 1.83 bits per heavy atom. The monoisotopic (exact) mass is 341 g/mol. The van der Waals surface area contributed by atoms with E-state index in [1.165, 1.54) is 18.3 Å². The fourth-order valence-corrected chi connectivity index (χ4v) is 3.45. The average molecular weight is 341 g/mol. The number of aromatic nitrogens is 1. The second-order valence-electron chi connectivity index (χ2n) is 5.34. The number of amides is 1. The quantitative estimate of drug-likeness (QED) is 0.448. The van der Waals surface area contributed by atoms with Crippen LogP contribution in [0.4, 0.5) is 0 Å². The van der Waals surface area contributed by atoms with Gasteiger partial charge in [0.1, 0.15) is 0 Å². The maximum absolute atomic E-state index is 12.5. The lowest BCUT2D eigenvalue weighted by Gasteiger charge is -2.17. The van der Waals surface area contributed by atoms with E-state index in [1.54, 1.807) is 37.3 Å². The molecule has 1 aromatic heterocycles. The summed E-state index contributed by atoms with van der Waals surface area (Å²) < 4.78 is 25.3. The molecule has 0 aliphatic carbocycles. The Labute approximate surface area is 139 Å². The maximum Gasteiger partial charge on any atom is 0.283 e. The maximum atomic E-state index is 12.5. The molecule has 0 fully saturated rings. The van der Waals surface area contributed by atoms with E-state index in [9.17, 15) is 13.2 Å². The van der Waals surface area contributed by atoms with Gasteiger partial charge in [0.25, 0.3) is 15.9 Å². The van der Waals surface area contributed by atoms with Crippen molar-refractivity contribution >= 4 is 26.8 Å². The molecule has 3 rings (SSSR count). The van der Waals surface area contributed by atoms with E-state index in [0.29, 0.717) is 5.52 Å². The number of hydrazine groups is 1. The van der Waals surface area contributed by atoms with Gasteiger partial charge in [-0.15, -0.1) is 0 Å².